The number of fused-ring (bicyclic) bond motifs is 1. The van der Waals surface area contributed by atoms with E-state index in [-0.39, 0.29) is 5.02 Å². The van der Waals surface area contributed by atoms with Gasteiger partial charge < -0.3 is 9.72 Å². The molecule has 0 bridgehead atoms. The Kier molecular flexibility index (Phi) is 2.60. The van der Waals surface area contributed by atoms with Crippen molar-refractivity contribution in [3.63, 3.8) is 0 Å². The number of halogens is 2. The van der Waals surface area contributed by atoms with Crippen molar-refractivity contribution in [1.82, 2.24) is 15.0 Å². The third-order valence-corrected chi connectivity index (χ3v) is 2.73. The summed E-state index contributed by atoms with van der Waals surface area (Å²) in [5, 5.41) is 0.782. The van der Waals surface area contributed by atoms with Gasteiger partial charge in [0.1, 0.15) is 23.5 Å². The van der Waals surface area contributed by atoms with E-state index in [1.165, 1.54) is 18.5 Å². The third kappa shape index (κ3) is 1.89. The molecule has 2 aromatic heterocycles. The summed E-state index contributed by atoms with van der Waals surface area (Å²) in [5.74, 6) is 0.162. The second kappa shape index (κ2) is 4.27. The third-order valence-electron chi connectivity index (χ3n) is 2.42. The molecule has 0 saturated heterocycles. The van der Waals surface area contributed by atoms with Crippen LogP contribution in [0.4, 0.5) is 4.39 Å². The summed E-state index contributed by atoms with van der Waals surface area (Å²) in [6, 6.07) is 6.01. The molecule has 0 spiro atoms. The first-order chi connectivity index (χ1) is 8.74. The lowest BCUT2D eigenvalue weighted by Crippen LogP contribution is -1.90. The molecule has 1 aromatic carbocycles. The number of nitrogens with one attached hydrogen (secondary N) is 1. The van der Waals surface area contributed by atoms with Gasteiger partial charge in [0, 0.05) is 12.3 Å². The van der Waals surface area contributed by atoms with Crippen LogP contribution in [0.5, 0.6) is 11.6 Å². The van der Waals surface area contributed by atoms with E-state index < -0.39 is 5.82 Å². The fourth-order valence-electron chi connectivity index (χ4n) is 1.58. The van der Waals surface area contributed by atoms with Crippen molar-refractivity contribution < 1.29 is 9.13 Å². The van der Waals surface area contributed by atoms with Crippen molar-refractivity contribution in [1.29, 1.82) is 0 Å². The molecule has 0 aliphatic rings. The van der Waals surface area contributed by atoms with Crippen LogP contribution >= 0.6 is 11.6 Å². The van der Waals surface area contributed by atoms with Crippen LogP contribution in [-0.2, 0) is 0 Å². The molecule has 0 radical (unpaired) electrons. The minimum Gasteiger partial charge on any atom is -0.438 e. The van der Waals surface area contributed by atoms with E-state index in [0.29, 0.717) is 17.3 Å². The average molecular weight is 264 g/mol. The summed E-state index contributed by atoms with van der Waals surface area (Å²) in [6.07, 6.45) is 3.11. The highest BCUT2D eigenvalue weighted by Gasteiger charge is 2.08. The summed E-state index contributed by atoms with van der Waals surface area (Å²) < 4.78 is 18.8. The van der Waals surface area contributed by atoms with Crippen LogP contribution < -0.4 is 4.74 Å². The Hall–Kier alpha value is -2.14. The molecular formula is C12H7ClFN3O. The zero-order valence-electron chi connectivity index (χ0n) is 9.02. The van der Waals surface area contributed by atoms with Crippen LogP contribution in [0.1, 0.15) is 0 Å². The van der Waals surface area contributed by atoms with Gasteiger partial charge >= 0.3 is 0 Å². The molecule has 0 aliphatic carbocycles. The minimum absolute atomic E-state index is 0.0526. The fraction of sp³-hybridized carbons (Fsp3) is 0. The number of aromatic nitrogens is 3. The molecule has 0 unspecified atom stereocenters. The van der Waals surface area contributed by atoms with E-state index in [1.54, 1.807) is 18.3 Å². The number of H-pyrrole nitrogens is 1. The van der Waals surface area contributed by atoms with Crippen molar-refractivity contribution in [2.24, 2.45) is 0 Å². The summed E-state index contributed by atoms with van der Waals surface area (Å²) >= 11 is 5.60. The molecular weight excluding hydrogens is 257 g/mol. The average Bonchev–Trinajstić information content (AvgIpc) is 2.83. The van der Waals surface area contributed by atoms with E-state index in [4.69, 9.17) is 16.3 Å². The molecule has 3 aromatic rings. The zero-order chi connectivity index (χ0) is 12.5. The van der Waals surface area contributed by atoms with E-state index in [1.807, 2.05) is 0 Å². The first kappa shape index (κ1) is 11.0. The number of benzene rings is 1. The number of nitrogens with zero attached hydrogens (tertiary/aromatic N) is 2. The Labute approximate surface area is 106 Å². The molecule has 0 atom stereocenters. The molecule has 2 heterocycles. The van der Waals surface area contributed by atoms with Gasteiger partial charge in [-0.25, -0.2) is 14.4 Å². The van der Waals surface area contributed by atoms with Crippen LogP contribution in [0, 0.1) is 5.82 Å². The highest BCUT2D eigenvalue weighted by molar-refractivity contribution is 6.30. The smallest absolute Gasteiger partial charge is 0.231 e. The molecule has 0 amide bonds. The van der Waals surface area contributed by atoms with Gasteiger partial charge in [-0.3, -0.25) is 0 Å². The monoisotopic (exact) mass is 263 g/mol. The Morgan fingerprint density at radius 3 is 2.94 bits per heavy atom. The van der Waals surface area contributed by atoms with E-state index >= 15 is 0 Å². The standard InChI is InChI=1S/C12H7ClFN3O/c13-9-2-1-7(5-10(9)14)18-12-8-3-4-15-11(8)16-6-17-12/h1-6H,(H,15,16,17). The molecule has 3 rings (SSSR count). The van der Waals surface area contributed by atoms with Crippen LogP contribution in [0.15, 0.2) is 36.8 Å². The van der Waals surface area contributed by atoms with Crippen molar-refractivity contribution in [2.75, 3.05) is 0 Å². The normalized spacial score (nSPS) is 10.8. The maximum atomic E-state index is 13.3. The van der Waals surface area contributed by atoms with Gasteiger partial charge in [0.25, 0.3) is 0 Å². The second-order valence-corrected chi connectivity index (χ2v) is 4.00. The molecule has 0 fully saturated rings. The number of rotatable bonds is 2. The predicted molar refractivity (Wildman–Crippen MR) is 65.4 cm³/mol. The van der Waals surface area contributed by atoms with Gasteiger partial charge in [-0.05, 0) is 18.2 Å². The molecule has 18 heavy (non-hydrogen) atoms. The number of hydrogen-bond acceptors (Lipinski definition) is 3. The first-order valence-electron chi connectivity index (χ1n) is 5.15. The van der Waals surface area contributed by atoms with E-state index in [2.05, 4.69) is 15.0 Å². The van der Waals surface area contributed by atoms with E-state index in [0.717, 1.165) is 5.39 Å². The number of ether oxygens (including phenoxy) is 1. The van der Waals surface area contributed by atoms with Crippen molar-refractivity contribution in [2.45, 2.75) is 0 Å². The maximum Gasteiger partial charge on any atom is 0.231 e. The van der Waals surface area contributed by atoms with Crippen LogP contribution in [-0.4, -0.2) is 15.0 Å². The molecule has 1 N–H and O–H groups in total. The maximum absolute atomic E-state index is 13.3. The van der Waals surface area contributed by atoms with Gasteiger partial charge in [0.05, 0.1) is 10.4 Å². The SMILES string of the molecule is Fc1cc(Oc2ncnc3[nH]ccc23)ccc1Cl. The lowest BCUT2D eigenvalue weighted by atomic mass is 10.3. The summed E-state index contributed by atoms with van der Waals surface area (Å²) in [5.41, 5.74) is 0.662. The van der Waals surface area contributed by atoms with E-state index in [9.17, 15) is 4.39 Å². The second-order valence-electron chi connectivity index (χ2n) is 3.60. The number of hydrogen-bond donors (Lipinski definition) is 1. The van der Waals surface area contributed by atoms with Crippen molar-refractivity contribution in [3.05, 3.63) is 47.6 Å². The van der Waals surface area contributed by atoms with Gasteiger partial charge in [0.15, 0.2) is 0 Å². The van der Waals surface area contributed by atoms with Crippen molar-refractivity contribution in [3.8, 4) is 11.6 Å². The highest BCUT2D eigenvalue weighted by atomic mass is 35.5. The predicted octanol–water partition coefficient (Wildman–Crippen LogP) is 3.54. The topological polar surface area (TPSA) is 50.8 Å². The quantitative estimate of drug-likeness (QED) is 0.769. The Bertz CT molecular complexity index is 713. The zero-order valence-corrected chi connectivity index (χ0v) is 9.78. The van der Waals surface area contributed by atoms with Gasteiger partial charge in [-0.2, -0.15) is 0 Å². The van der Waals surface area contributed by atoms with Crippen LogP contribution in [0.2, 0.25) is 5.02 Å². The fourth-order valence-corrected chi connectivity index (χ4v) is 1.70. The van der Waals surface area contributed by atoms with Gasteiger partial charge in [-0.1, -0.05) is 11.6 Å². The Balaban J connectivity index is 2.01. The minimum atomic E-state index is -0.534. The molecule has 0 saturated carbocycles. The summed E-state index contributed by atoms with van der Waals surface area (Å²) in [6.45, 7) is 0. The Morgan fingerprint density at radius 1 is 1.22 bits per heavy atom. The Morgan fingerprint density at radius 2 is 2.11 bits per heavy atom. The summed E-state index contributed by atoms with van der Waals surface area (Å²) in [7, 11) is 0. The number of aromatic amines is 1. The lowest BCUT2D eigenvalue weighted by Gasteiger charge is -2.05. The van der Waals surface area contributed by atoms with Gasteiger partial charge in [0.2, 0.25) is 5.88 Å². The molecule has 90 valence electrons. The van der Waals surface area contributed by atoms with Crippen LogP contribution in [0.25, 0.3) is 11.0 Å². The summed E-state index contributed by atoms with van der Waals surface area (Å²) in [4.78, 5) is 11.0. The molecule has 6 heteroatoms. The highest BCUT2D eigenvalue weighted by Crippen LogP contribution is 2.28. The lowest BCUT2D eigenvalue weighted by molar-refractivity contribution is 0.463. The van der Waals surface area contributed by atoms with Crippen LogP contribution in [0.3, 0.4) is 0 Å². The molecule has 0 aliphatic heterocycles. The van der Waals surface area contributed by atoms with Crippen molar-refractivity contribution >= 4 is 22.6 Å². The first-order valence-corrected chi connectivity index (χ1v) is 5.53. The molecule has 4 nitrogen and oxygen atoms in total. The van der Waals surface area contributed by atoms with Gasteiger partial charge in [-0.15, -0.1) is 0 Å². The largest absolute Gasteiger partial charge is 0.438 e.